The predicted molar refractivity (Wildman–Crippen MR) is 71.8 cm³/mol. The second kappa shape index (κ2) is 7.83. The highest BCUT2D eigenvalue weighted by molar-refractivity contribution is 5.70. The van der Waals surface area contributed by atoms with Gasteiger partial charge in [0.05, 0.1) is 13.2 Å². The number of hydrogen-bond acceptors (Lipinski definition) is 6. The van der Waals surface area contributed by atoms with Gasteiger partial charge in [0, 0.05) is 24.8 Å². The van der Waals surface area contributed by atoms with Gasteiger partial charge in [0.25, 0.3) is 0 Å². The van der Waals surface area contributed by atoms with Gasteiger partial charge < -0.3 is 9.47 Å². The maximum absolute atomic E-state index is 11.4. The molecule has 0 bridgehead atoms. The van der Waals surface area contributed by atoms with Crippen LogP contribution in [0.15, 0.2) is 37.4 Å². The summed E-state index contributed by atoms with van der Waals surface area (Å²) >= 11 is 0. The van der Waals surface area contributed by atoms with Gasteiger partial charge in [0.15, 0.2) is 0 Å². The second-order valence-electron chi connectivity index (χ2n) is 4.23. The topological polar surface area (TPSA) is 88.2 Å². The van der Waals surface area contributed by atoms with Crippen molar-refractivity contribution in [1.82, 2.24) is 19.1 Å². The quantitative estimate of drug-likeness (QED) is 0.756. The molecule has 2 aromatic heterocycles. The average molecular weight is 292 g/mol. The number of imidazole rings is 2. The van der Waals surface area contributed by atoms with Crippen LogP contribution in [0.5, 0.6) is 0 Å². The van der Waals surface area contributed by atoms with E-state index in [1.54, 1.807) is 0 Å². The number of hydrogen-bond donors (Lipinski definition) is 0. The van der Waals surface area contributed by atoms with Crippen LogP contribution >= 0.6 is 0 Å². The van der Waals surface area contributed by atoms with Crippen molar-refractivity contribution in [2.24, 2.45) is 0 Å². The van der Waals surface area contributed by atoms with E-state index < -0.39 is 12.2 Å². The van der Waals surface area contributed by atoms with E-state index in [0.29, 0.717) is 26.1 Å². The average Bonchev–Trinajstić information content (AvgIpc) is 3.18. The summed E-state index contributed by atoms with van der Waals surface area (Å²) in [7, 11) is 0. The molecule has 0 fully saturated rings. The van der Waals surface area contributed by atoms with E-state index in [2.05, 4.69) is 9.97 Å². The van der Waals surface area contributed by atoms with Gasteiger partial charge >= 0.3 is 12.2 Å². The lowest BCUT2D eigenvalue weighted by Gasteiger charge is -2.06. The Labute approximate surface area is 121 Å². The Bertz CT molecular complexity index is 501. The maximum Gasteiger partial charge on any atom is 0.419 e. The van der Waals surface area contributed by atoms with Crippen molar-refractivity contribution < 1.29 is 19.1 Å². The lowest BCUT2D eigenvalue weighted by atomic mass is 10.2. The van der Waals surface area contributed by atoms with Crippen molar-refractivity contribution in [3.05, 3.63) is 37.4 Å². The fourth-order valence-electron chi connectivity index (χ4n) is 1.58. The van der Waals surface area contributed by atoms with E-state index >= 15 is 0 Å². The Balaban J connectivity index is 1.49. The molecular formula is C13H16N4O4. The van der Waals surface area contributed by atoms with Crippen molar-refractivity contribution >= 4 is 12.2 Å². The van der Waals surface area contributed by atoms with Crippen molar-refractivity contribution in [3.63, 3.8) is 0 Å². The summed E-state index contributed by atoms with van der Waals surface area (Å²) in [5, 5.41) is 0. The van der Waals surface area contributed by atoms with Crippen LogP contribution in [0.3, 0.4) is 0 Å². The van der Waals surface area contributed by atoms with E-state index in [-0.39, 0.29) is 0 Å². The van der Waals surface area contributed by atoms with E-state index in [1.165, 1.54) is 46.6 Å². The molecule has 0 amide bonds. The van der Waals surface area contributed by atoms with E-state index in [0.717, 1.165) is 6.42 Å². The highest BCUT2D eigenvalue weighted by Gasteiger charge is 2.05. The molecule has 0 N–H and O–H groups in total. The molecule has 2 rings (SSSR count). The monoisotopic (exact) mass is 292 g/mol. The third kappa shape index (κ3) is 4.75. The van der Waals surface area contributed by atoms with Crippen molar-refractivity contribution in [1.29, 1.82) is 0 Å². The number of nitrogens with zero attached hydrogens (tertiary/aromatic N) is 4. The Hall–Kier alpha value is -2.64. The molecule has 0 saturated carbocycles. The van der Waals surface area contributed by atoms with Gasteiger partial charge in [-0.2, -0.15) is 0 Å². The fraction of sp³-hybridized carbons (Fsp3) is 0.385. The number of ether oxygens (including phenoxy) is 2. The molecule has 2 heterocycles. The number of rotatable bonds is 6. The SMILES string of the molecule is O=C(OCCCCCOC(=O)n1ccnc1)n1ccnc1. The lowest BCUT2D eigenvalue weighted by molar-refractivity contribution is 0.138. The van der Waals surface area contributed by atoms with Crippen LogP contribution < -0.4 is 0 Å². The number of aromatic nitrogens is 4. The third-order valence-corrected chi connectivity index (χ3v) is 2.67. The first-order valence-corrected chi connectivity index (χ1v) is 6.57. The molecule has 8 nitrogen and oxygen atoms in total. The van der Waals surface area contributed by atoms with E-state index in [9.17, 15) is 9.59 Å². The zero-order chi connectivity index (χ0) is 14.9. The first kappa shape index (κ1) is 14.8. The van der Waals surface area contributed by atoms with Crippen LogP contribution in [0, 0.1) is 0 Å². The highest BCUT2D eigenvalue weighted by Crippen LogP contribution is 2.00. The van der Waals surface area contributed by atoms with E-state index in [4.69, 9.17) is 9.47 Å². The van der Waals surface area contributed by atoms with Gasteiger partial charge in [-0.05, 0) is 19.3 Å². The first-order valence-electron chi connectivity index (χ1n) is 6.57. The zero-order valence-electron chi connectivity index (χ0n) is 11.4. The molecule has 0 aromatic carbocycles. The molecule has 0 saturated heterocycles. The lowest BCUT2D eigenvalue weighted by Crippen LogP contribution is -2.13. The maximum atomic E-state index is 11.4. The Kier molecular flexibility index (Phi) is 5.50. The summed E-state index contributed by atoms with van der Waals surface area (Å²) in [6.45, 7) is 0.652. The van der Waals surface area contributed by atoms with Gasteiger partial charge in [-0.25, -0.2) is 28.7 Å². The normalized spacial score (nSPS) is 10.3. The molecule has 8 heteroatoms. The van der Waals surface area contributed by atoms with Gasteiger partial charge in [-0.3, -0.25) is 0 Å². The van der Waals surface area contributed by atoms with Crippen LogP contribution in [0.4, 0.5) is 9.59 Å². The molecule has 112 valence electrons. The standard InChI is InChI=1S/C13H16N4O4/c18-12(16-6-4-14-10-16)20-8-2-1-3-9-21-13(19)17-7-5-15-11-17/h4-7,10-11H,1-3,8-9H2. The summed E-state index contributed by atoms with van der Waals surface area (Å²) in [6, 6.07) is 0. The molecule has 0 spiro atoms. The second-order valence-corrected chi connectivity index (χ2v) is 4.23. The minimum atomic E-state index is -0.445. The third-order valence-electron chi connectivity index (χ3n) is 2.67. The summed E-state index contributed by atoms with van der Waals surface area (Å²) in [5.41, 5.74) is 0. The van der Waals surface area contributed by atoms with Crippen molar-refractivity contribution in [2.45, 2.75) is 19.3 Å². The molecule has 2 aromatic rings. The number of unbranched alkanes of at least 4 members (excludes halogenated alkanes) is 2. The fourth-order valence-corrected chi connectivity index (χ4v) is 1.58. The Morgan fingerprint density at radius 1 is 0.810 bits per heavy atom. The molecule has 0 aliphatic heterocycles. The Morgan fingerprint density at radius 2 is 1.29 bits per heavy atom. The summed E-state index contributed by atoms with van der Waals surface area (Å²) in [4.78, 5) is 30.4. The minimum absolute atomic E-state index is 0.326. The first-order chi connectivity index (χ1) is 10.3. The van der Waals surface area contributed by atoms with Gasteiger partial charge in [-0.1, -0.05) is 0 Å². The van der Waals surface area contributed by atoms with Crippen LogP contribution in [0.25, 0.3) is 0 Å². The van der Waals surface area contributed by atoms with Gasteiger partial charge in [0.2, 0.25) is 0 Å². The molecule has 0 aliphatic carbocycles. The van der Waals surface area contributed by atoms with Gasteiger partial charge in [-0.15, -0.1) is 0 Å². The van der Waals surface area contributed by atoms with Crippen LogP contribution in [0.2, 0.25) is 0 Å². The van der Waals surface area contributed by atoms with Crippen LogP contribution in [0.1, 0.15) is 19.3 Å². The largest absolute Gasteiger partial charge is 0.449 e. The molecule has 21 heavy (non-hydrogen) atoms. The van der Waals surface area contributed by atoms with E-state index in [1.807, 2.05) is 0 Å². The molecule has 0 radical (unpaired) electrons. The highest BCUT2D eigenvalue weighted by atomic mass is 16.6. The molecular weight excluding hydrogens is 276 g/mol. The smallest absolute Gasteiger partial charge is 0.419 e. The summed E-state index contributed by atoms with van der Waals surface area (Å²) < 4.78 is 12.6. The Morgan fingerprint density at radius 3 is 1.67 bits per heavy atom. The zero-order valence-corrected chi connectivity index (χ0v) is 11.4. The molecule has 0 unspecified atom stereocenters. The van der Waals surface area contributed by atoms with Crippen molar-refractivity contribution in [2.75, 3.05) is 13.2 Å². The molecule has 0 aliphatic rings. The number of carbonyl (C=O) groups is 2. The van der Waals surface area contributed by atoms with Crippen LogP contribution in [-0.2, 0) is 9.47 Å². The van der Waals surface area contributed by atoms with Crippen molar-refractivity contribution in [3.8, 4) is 0 Å². The summed E-state index contributed by atoms with van der Waals surface area (Å²) in [5.74, 6) is 0. The summed E-state index contributed by atoms with van der Waals surface area (Å²) in [6.07, 6.45) is 10.2. The van der Waals surface area contributed by atoms with Gasteiger partial charge in [0.1, 0.15) is 12.7 Å². The number of carbonyl (C=O) groups excluding carboxylic acids is 2. The predicted octanol–water partition coefficient (Wildman–Crippen LogP) is 1.92. The van der Waals surface area contributed by atoms with Crippen LogP contribution in [-0.4, -0.2) is 44.5 Å². The minimum Gasteiger partial charge on any atom is -0.449 e. The molecule has 0 atom stereocenters.